The average molecular weight is 257 g/mol. The van der Waals surface area contributed by atoms with Crippen molar-refractivity contribution < 1.29 is 4.79 Å². The summed E-state index contributed by atoms with van der Waals surface area (Å²) in [6.45, 7) is 9.03. The fourth-order valence-corrected chi connectivity index (χ4v) is 3.74. The quantitative estimate of drug-likeness (QED) is 0.710. The molecule has 102 valence electrons. The van der Waals surface area contributed by atoms with E-state index in [9.17, 15) is 4.79 Å². The molecule has 19 heavy (non-hydrogen) atoms. The molecule has 1 aromatic rings. The van der Waals surface area contributed by atoms with Crippen LogP contribution in [-0.2, 0) is 5.41 Å². The van der Waals surface area contributed by atoms with Gasteiger partial charge in [-0.15, -0.1) is 0 Å². The van der Waals surface area contributed by atoms with Crippen LogP contribution in [0.25, 0.3) is 0 Å². The van der Waals surface area contributed by atoms with Gasteiger partial charge in [0.25, 0.3) is 0 Å². The van der Waals surface area contributed by atoms with Crippen molar-refractivity contribution in [3.63, 3.8) is 0 Å². The van der Waals surface area contributed by atoms with Crippen molar-refractivity contribution in [1.29, 1.82) is 0 Å². The maximum Gasteiger partial charge on any atom is 0.164 e. The van der Waals surface area contributed by atoms with Crippen LogP contribution < -0.4 is 0 Å². The van der Waals surface area contributed by atoms with Crippen LogP contribution in [0.4, 0.5) is 0 Å². The lowest BCUT2D eigenvalue weighted by Crippen LogP contribution is -2.49. The lowest BCUT2D eigenvalue weighted by Gasteiger charge is -2.45. The van der Waals surface area contributed by atoms with Crippen LogP contribution in [-0.4, -0.2) is 29.3 Å². The van der Waals surface area contributed by atoms with E-state index in [-0.39, 0.29) is 11.0 Å². The molecule has 0 radical (unpaired) electrons. The van der Waals surface area contributed by atoms with Crippen molar-refractivity contribution in [3.8, 4) is 0 Å². The summed E-state index contributed by atoms with van der Waals surface area (Å²) in [5.41, 5.74) is 2.67. The highest BCUT2D eigenvalue weighted by Gasteiger charge is 2.45. The van der Waals surface area contributed by atoms with E-state index in [0.29, 0.717) is 5.78 Å². The number of hydrogen-bond acceptors (Lipinski definition) is 2. The van der Waals surface area contributed by atoms with E-state index in [4.69, 9.17) is 0 Å². The third kappa shape index (κ3) is 2.02. The van der Waals surface area contributed by atoms with E-state index >= 15 is 0 Å². The first-order chi connectivity index (χ1) is 8.92. The topological polar surface area (TPSA) is 20.3 Å². The van der Waals surface area contributed by atoms with Gasteiger partial charge in [-0.1, -0.05) is 24.3 Å². The zero-order valence-corrected chi connectivity index (χ0v) is 12.2. The average Bonchev–Trinajstić information content (AvgIpc) is 2.63. The number of carbonyl (C=O) groups excluding carboxylic acids is 1. The van der Waals surface area contributed by atoms with E-state index < -0.39 is 0 Å². The fourth-order valence-electron chi connectivity index (χ4n) is 3.74. The molecule has 1 spiro atoms. The van der Waals surface area contributed by atoms with Crippen molar-refractivity contribution in [3.05, 3.63) is 35.4 Å². The summed E-state index contributed by atoms with van der Waals surface area (Å²) in [5.74, 6) is 0.347. The Morgan fingerprint density at radius 2 is 1.74 bits per heavy atom. The van der Waals surface area contributed by atoms with Gasteiger partial charge >= 0.3 is 0 Å². The van der Waals surface area contributed by atoms with Gasteiger partial charge in [-0.2, -0.15) is 0 Å². The molecule has 2 nitrogen and oxygen atoms in total. The van der Waals surface area contributed by atoms with Crippen LogP contribution in [0.15, 0.2) is 24.3 Å². The first-order valence-electron chi connectivity index (χ1n) is 7.30. The second kappa shape index (κ2) is 4.17. The van der Waals surface area contributed by atoms with Crippen LogP contribution in [0.1, 0.15) is 56.0 Å². The number of ketones is 1. The highest BCUT2D eigenvalue weighted by Crippen LogP contribution is 2.46. The van der Waals surface area contributed by atoms with E-state index in [1.807, 2.05) is 12.1 Å². The predicted octanol–water partition coefficient (Wildman–Crippen LogP) is 3.41. The van der Waals surface area contributed by atoms with Gasteiger partial charge < -0.3 is 0 Å². The van der Waals surface area contributed by atoms with E-state index in [1.54, 1.807) is 0 Å². The van der Waals surface area contributed by atoms with Crippen LogP contribution in [0.2, 0.25) is 0 Å². The summed E-state index contributed by atoms with van der Waals surface area (Å²) >= 11 is 0. The Hall–Kier alpha value is -1.15. The number of nitrogens with zero attached hydrogens (tertiary/aromatic N) is 1. The molecule has 0 saturated carbocycles. The summed E-state index contributed by atoms with van der Waals surface area (Å²) in [6.07, 6.45) is 2.96. The van der Waals surface area contributed by atoms with Crippen molar-refractivity contribution >= 4 is 5.78 Å². The second-order valence-electron chi connectivity index (χ2n) is 7.08. The molecule has 1 saturated heterocycles. The predicted molar refractivity (Wildman–Crippen MR) is 77.6 cm³/mol. The standard InChI is InChI=1S/C17H23NO/c1-16(2,3)18-10-8-17(9-11-18)12-15(19)13-6-4-5-7-14(13)17/h4-7H,8-12H2,1-3H3. The number of benzene rings is 1. The molecule has 0 amide bonds. The third-order valence-corrected chi connectivity index (χ3v) is 4.97. The highest BCUT2D eigenvalue weighted by molar-refractivity contribution is 6.02. The number of rotatable bonds is 0. The zero-order chi connectivity index (χ0) is 13.7. The molecule has 0 N–H and O–H groups in total. The molecule has 0 atom stereocenters. The van der Waals surface area contributed by atoms with Gasteiger partial charge in [0.2, 0.25) is 0 Å². The van der Waals surface area contributed by atoms with E-state index in [0.717, 1.165) is 37.9 Å². The molecule has 1 heterocycles. The van der Waals surface area contributed by atoms with E-state index in [1.165, 1.54) is 5.56 Å². The smallest absolute Gasteiger partial charge is 0.164 e. The number of piperidine rings is 1. The van der Waals surface area contributed by atoms with Crippen LogP contribution in [0.5, 0.6) is 0 Å². The lowest BCUT2D eigenvalue weighted by atomic mass is 9.73. The summed E-state index contributed by atoms with van der Waals surface area (Å²) in [7, 11) is 0. The van der Waals surface area contributed by atoms with Gasteiger partial charge in [0.05, 0.1) is 0 Å². The molecule has 3 rings (SSSR count). The van der Waals surface area contributed by atoms with Crippen molar-refractivity contribution in [2.75, 3.05) is 13.1 Å². The van der Waals surface area contributed by atoms with Gasteiger partial charge in [-0.3, -0.25) is 9.69 Å². The molecule has 1 aromatic carbocycles. The number of carbonyl (C=O) groups is 1. The molecular formula is C17H23NO. The Balaban J connectivity index is 1.87. The Morgan fingerprint density at radius 1 is 1.11 bits per heavy atom. The molecule has 1 aliphatic heterocycles. The number of Topliss-reactive ketones (excluding diaryl/α,β-unsaturated/α-hetero) is 1. The molecule has 2 heteroatoms. The monoisotopic (exact) mass is 257 g/mol. The largest absolute Gasteiger partial charge is 0.298 e. The Morgan fingerprint density at radius 3 is 2.37 bits per heavy atom. The maximum atomic E-state index is 12.2. The van der Waals surface area contributed by atoms with Gasteiger partial charge in [0.1, 0.15) is 0 Å². The summed E-state index contributed by atoms with van der Waals surface area (Å²) in [4.78, 5) is 14.7. The highest BCUT2D eigenvalue weighted by atomic mass is 16.1. The van der Waals surface area contributed by atoms with Gasteiger partial charge in [-0.05, 0) is 52.3 Å². The van der Waals surface area contributed by atoms with Gasteiger partial charge in [0.15, 0.2) is 5.78 Å². The summed E-state index contributed by atoms with van der Waals surface area (Å²) in [6, 6.07) is 8.24. The van der Waals surface area contributed by atoms with Crippen molar-refractivity contribution in [1.82, 2.24) is 4.90 Å². The SMILES string of the molecule is CC(C)(C)N1CCC2(CC1)CC(=O)c1ccccc12. The lowest BCUT2D eigenvalue weighted by molar-refractivity contribution is 0.0700. The molecule has 0 bridgehead atoms. The maximum absolute atomic E-state index is 12.2. The minimum Gasteiger partial charge on any atom is -0.298 e. The van der Waals surface area contributed by atoms with E-state index in [2.05, 4.69) is 37.8 Å². The van der Waals surface area contributed by atoms with Crippen molar-refractivity contribution in [2.24, 2.45) is 0 Å². The second-order valence-corrected chi connectivity index (χ2v) is 7.08. The normalized spacial score (nSPS) is 22.8. The fraction of sp³-hybridized carbons (Fsp3) is 0.588. The molecular weight excluding hydrogens is 234 g/mol. The number of likely N-dealkylation sites (tertiary alicyclic amines) is 1. The Labute approximate surface area is 115 Å². The minimum absolute atomic E-state index is 0.134. The first-order valence-corrected chi connectivity index (χ1v) is 7.30. The first kappa shape index (κ1) is 12.9. The minimum atomic E-state index is 0.134. The molecule has 1 aliphatic carbocycles. The number of hydrogen-bond donors (Lipinski definition) is 0. The molecule has 1 fully saturated rings. The van der Waals surface area contributed by atoms with Crippen LogP contribution >= 0.6 is 0 Å². The summed E-state index contributed by atoms with van der Waals surface area (Å²) < 4.78 is 0. The summed E-state index contributed by atoms with van der Waals surface area (Å²) in [5, 5.41) is 0. The molecule has 0 unspecified atom stereocenters. The molecule has 2 aliphatic rings. The van der Waals surface area contributed by atoms with Crippen molar-refractivity contribution in [2.45, 2.75) is 51.0 Å². The zero-order valence-electron chi connectivity index (χ0n) is 12.2. The van der Waals surface area contributed by atoms with Gasteiger partial charge in [0, 0.05) is 22.9 Å². The van der Waals surface area contributed by atoms with Crippen LogP contribution in [0, 0.1) is 0 Å². The number of fused-ring (bicyclic) bond motifs is 2. The third-order valence-electron chi connectivity index (χ3n) is 4.97. The van der Waals surface area contributed by atoms with Crippen LogP contribution in [0.3, 0.4) is 0 Å². The Kier molecular flexibility index (Phi) is 2.82. The Bertz CT molecular complexity index is 504. The van der Waals surface area contributed by atoms with Gasteiger partial charge in [-0.25, -0.2) is 0 Å². The molecule has 0 aromatic heterocycles.